The average molecular weight is 352 g/mol. The fourth-order valence-electron chi connectivity index (χ4n) is 2.09. The van der Waals surface area contributed by atoms with E-state index in [9.17, 15) is 0 Å². The summed E-state index contributed by atoms with van der Waals surface area (Å²) in [5, 5.41) is 0. The van der Waals surface area contributed by atoms with Gasteiger partial charge >= 0.3 is 0 Å². The third-order valence-corrected chi connectivity index (χ3v) is 2.87. The maximum absolute atomic E-state index is 4.37. The minimum Gasteiger partial charge on any atom is -0.264 e. The molecule has 1 nitrogen and oxygen atoms in total. The summed E-state index contributed by atoms with van der Waals surface area (Å²) in [6.07, 6.45) is 4.07. The van der Waals surface area contributed by atoms with E-state index in [0.717, 1.165) is 11.8 Å². The molecule has 1 rings (SSSR count). The summed E-state index contributed by atoms with van der Waals surface area (Å²) < 4.78 is 0. The third kappa shape index (κ3) is 16.4. The van der Waals surface area contributed by atoms with Crippen molar-refractivity contribution in [3.63, 3.8) is 0 Å². The lowest BCUT2D eigenvalue weighted by Gasteiger charge is -2.21. The first-order valence-electron chi connectivity index (χ1n) is 10.4. The Morgan fingerprint density at radius 1 is 0.520 bits per heavy atom. The second-order valence-corrected chi connectivity index (χ2v) is 8.66. The largest absolute Gasteiger partial charge is 0.264 e. The van der Waals surface area contributed by atoms with Crippen molar-refractivity contribution in [3.05, 3.63) is 29.1 Å². The zero-order valence-corrected chi connectivity index (χ0v) is 20.0. The summed E-state index contributed by atoms with van der Waals surface area (Å²) in [5.74, 6) is 3.38. The lowest BCUT2D eigenvalue weighted by molar-refractivity contribution is 0.736. The van der Waals surface area contributed by atoms with E-state index in [1.165, 1.54) is 16.7 Å². The van der Waals surface area contributed by atoms with Crippen molar-refractivity contribution < 1.29 is 0 Å². The number of rotatable bonds is 3. The molecule has 0 fully saturated rings. The summed E-state index contributed by atoms with van der Waals surface area (Å²) in [5.41, 5.74) is 4.34. The molecule has 1 aromatic heterocycles. The molecule has 0 saturated heterocycles. The predicted octanol–water partition coefficient (Wildman–Crippen LogP) is 8.80. The van der Waals surface area contributed by atoms with Gasteiger partial charge in [-0.3, -0.25) is 4.98 Å². The van der Waals surface area contributed by atoms with Gasteiger partial charge in [0.25, 0.3) is 0 Å². The average Bonchev–Trinajstić information content (AvgIpc) is 2.47. The van der Waals surface area contributed by atoms with Crippen LogP contribution in [0.2, 0.25) is 0 Å². The van der Waals surface area contributed by atoms with E-state index in [4.69, 9.17) is 0 Å². The molecule has 0 atom stereocenters. The van der Waals surface area contributed by atoms with Crippen LogP contribution < -0.4 is 0 Å². The van der Waals surface area contributed by atoms with Crippen LogP contribution >= 0.6 is 0 Å². The number of nitrogens with zero attached hydrogens (tertiary/aromatic N) is 1. The summed E-state index contributed by atoms with van der Waals surface area (Å²) in [7, 11) is 0. The lowest BCUT2D eigenvalue weighted by Crippen LogP contribution is -2.06. The van der Waals surface area contributed by atoms with Crippen molar-refractivity contribution in [2.75, 3.05) is 0 Å². The monoisotopic (exact) mass is 351 g/mol. The third-order valence-electron chi connectivity index (χ3n) is 2.87. The maximum Gasteiger partial charge on any atom is 0.0305 e. The van der Waals surface area contributed by atoms with Crippen LogP contribution in [0.3, 0.4) is 0 Å². The molecule has 1 heterocycles. The van der Waals surface area contributed by atoms with Gasteiger partial charge in [-0.05, 0) is 46.3 Å². The van der Waals surface area contributed by atoms with Gasteiger partial charge in [-0.1, -0.05) is 96.9 Å². The van der Waals surface area contributed by atoms with Crippen LogP contribution in [0.4, 0.5) is 0 Å². The molecule has 25 heavy (non-hydrogen) atoms. The molecule has 0 spiro atoms. The molecule has 0 bridgehead atoms. The molecule has 0 saturated carbocycles. The number of hydrogen-bond acceptors (Lipinski definition) is 1. The van der Waals surface area contributed by atoms with Crippen molar-refractivity contribution in [2.45, 2.75) is 115 Å². The Labute approximate surface area is 161 Å². The van der Waals surface area contributed by atoms with Crippen LogP contribution in [-0.4, -0.2) is 4.98 Å². The molecule has 0 aliphatic heterocycles. The highest BCUT2D eigenvalue weighted by Gasteiger charge is 2.16. The lowest BCUT2D eigenvalue weighted by atomic mass is 9.85. The second kappa shape index (κ2) is 16.6. The van der Waals surface area contributed by atoms with Crippen molar-refractivity contribution in [2.24, 2.45) is 11.8 Å². The van der Waals surface area contributed by atoms with Crippen LogP contribution in [0.5, 0.6) is 0 Å². The van der Waals surface area contributed by atoms with Gasteiger partial charge in [-0.25, -0.2) is 0 Å². The first-order chi connectivity index (χ1) is 11.4. The first-order valence-corrected chi connectivity index (χ1v) is 10.4. The summed E-state index contributed by atoms with van der Waals surface area (Å²) in [6.45, 7) is 30.5. The molecule has 0 unspecified atom stereocenters. The minimum atomic E-state index is 0.564. The van der Waals surface area contributed by atoms with Gasteiger partial charge in [0.05, 0.1) is 0 Å². The van der Waals surface area contributed by atoms with Crippen LogP contribution in [-0.2, 0) is 0 Å². The highest BCUT2D eigenvalue weighted by atomic mass is 14.6. The molecular weight excluding hydrogens is 302 g/mol. The van der Waals surface area contributed by atoms with E-state index >= 15 is 0 Å². The smallest absolute Gasteiger partial charge is 0.0305 e. The summed E-state index contributed by atoms with van der Waals surface area (Å²) in [4.78, 5) is 4.37. The fraction of sp³-hybridized carbons (Fsp3) is 0.792. The molecule has 1 aromatic rings. The number of pyridine rings is 1. The van der Waals surface area contributed by atoms with Crippen molar-refractivity contribution in [1.29, 1.82) is 0 Å². The van der Waals surface area contributed by atoms with E-state index < -0.39 is 0 Å². The zero-order valence-electron chi connectivity index (χ0n) is 20.0. The van der Waals surface area contributed by atoms with Gasteiger partial charge in [0.1, 0.15) is 0 Å². The van der Waals surface area contributed by atoms with Gasteiger partial charge in [-0.2, -0.15) is 0 Å². The maximum atomic E-state index is 4.37. The van der Waals surface area contributed by atoms with Crippen molar-refractivity contribution in [1.82, 2.24) is 4.98 Å². The molecule has 0 radical (unpaired) electrons. The molecule has 0 aliphatic carbocycles. The van der Waals surface area contributed by atoms with E-state index in [-0.39, 0.29) is 0 Å². The predicted molar refractivity (Wildman–Crippen MR) is 119 cm³/mol. The van der Waals surface area contributed by atoms with Crippen molar-refractivity contribution in [3.8, 4) is 0 Å². The van der Waals surface area contributed by atoms with E-state index in [1.54, 1.807) is 0 Å². The minimum absolute atomic E-state index is 0.564. The fourth-order valence-corrected chi connectivity index (χ4v) is 2.09. The van der Waals surface area contributed by atoms with E-state index in [0.29, 0.717) is 17.8 Å². The standard InChI is InChI=1S/C14H23N.2C4H10.C2H6/c1-9(2)12-7-15-8-13(10(3)4)14(12)11(5)6;2*1-4(2)3;1-2/h7-11H,1-6H3;2*4H,1-3H3;1-2H3. The topological polar surface area (TPSA) is 12.9 Å². The zero-order chi connectivity index (χ0) is 20.7. The van der Waals surface area contributed by atoms with E-state index in [1.807, 2.05) is 26.2 Å². The molecule has 1 heteroatoms. The number of aromatic nitrogens is 1. The quantitative estimate of drug-likeness (QED) is 0.530. The summed E-state index contributed by atoms with van der Waals surface area (Å²) >= 11 is 0. The highest BCUT2D eigenvalue weighted by molar-refractivity contribution is 5.38. The Morgan fingerprint density at radius 2 is 0.760 bits per heavy atom. The van der Waals surface area contributed by atoms with Crippen molar-refractivity contribution >= 4 is 0 Å². The molecular formula is C24H49N. The Kier molecular flexibility index (Phi) is 19.2. The molecule has 0 N–H and O–H groups in total. The van der Waals surface area contributed by atoms with Gasteiger partial charge in [-0.15, -0.1) is 0 Å². The molecule has 0 aromatic carbocycles. The normalized spacial score (nSPS) is 10.2. The SMILES string of the molecule is CC.CC(C)C.CC(C)C.CC(C)c1cncc(C(C)C)c1C(C)C. The molecule has 150 valence electrons. The van der Waals surface area contributed by atoms with Crippen LogP contribution in [0.1, 0.15) is 131 Å². The Hall–Kier alpha value is -0.850. The Balaban J connectivity index is -0.000000402. The van der Waals surface area contributed by atoms with Gasteiger partial charge in [0.15, 0.2) is 0 Å². The van der Waals surface area contributed by atoms with Gasteiger partial charge in [0, 0.05) is 12.4 Å². The second-order valence-electron chi connectivity index (χ2n) is 8.66. The first kappa shape index (κ1) is 28.9. The highest BCUT2D eigenvalue weighted by Crippen LogP contribution is 2.31. The Morgan fingerprint density at radius 3 is 0.920 bits per heavy atom. The van der Waals surface area contributed by atoms with Gasteiger partial charge < -0.3 is 0 Å². The van der Waals surface area contributed by atoms with Crippen LogP contribution in [0.15, 0.2) is 12.4 Å². The van der Waals surface area contributed by atoms with Crippen LogP contribution in [0, 0.1) is 11.8 Å². The molecule has 0 aliphatic rings. The Bertz CT molecular complexity index is 363. The molecule has 0 amide bonds. The van der Waals surface area contributed by atoms with Gasteiger partial charge in [0.2, 0.25) is 0 Å². The van der Waals surface area contributed by atoms with Crippen LogP contribution in [0.25, 0.3) is 0 Å². The van der Waals surface area contributed by atoms with E-state index in [2.05, 4.69) is 88.1 Å². The number of hydrogen-bond donors (Lipinski definition) is 0. The summed E-state index contributed by atoms with van der Waals surface area (Å²) in [6, 6.07) is 0.